The van der Waals surface area contributed by atoms with E-state index < -0.39 is 10.9 Å². The number of hydrogen-bond acceptors (Lipinski definition) is 8. The van der Waals surface area contributed by atoms with Crippen LogP contribution in [0.3, 0.4) is 0 Å². The lowest BCUT2D eigenvalue weighted by Gasteiger charge is -2.12. The Labute approximate surface area is 170 Å². The Morgan fingerprint density at radius 3 is 2.72 bits per heavy atom. The van der Waals surface area contributed by atoms with Gasteiger partial charge < -0.3 is 10.1 Å². The molecule has 150 valence electrons. The number of nitrogens with one attached hydrogen (secondary N) is 1. The summed E-state index contributed by atoms with van der Waals surface area (Å²) in [4.78, 5) is 31.7. The van der Waals surface area contributed by atoms with E-state index in [-0.39, 0.29) is 40.3 Å². The van der Waals surface area contributed by atoms with Gasteiger partial charge in [0, 0.05) is 23.0 Å². The average Bonchev–Trinajstić information content (AvgIpc) is 3.01. The zero-order valence-corrected chi connectivity index (χ0v) is 16.6. The lowest BCUT2D eigenvalue weighted by atomic mass is 10.2. The van der Waals surface area contributed by atoms with Gasteiger partial charge in [-0.15, -0.1) is 0 Å². The summed E-state index contributed by atoms with van der Waals surface area (Å²) in [5.74, 6) is -0.416. The highest BCUT2D eigenvalue weighted by Crippen LogP contribution is 2.31. The number of rotatable bonds is 6. The van der Waals surface area contributed by atoms with Gasteiger partial charge in [-0.05, 0) is 39.0 Å². The fraction of sp³-hybridized carbons (Fsp3) is 0.222. The molecule has 0 aliphatic carbocycles. The first-order chi connectivity index (χ1) is 13.8. The summed E-state index contributed by atoms with van der Waals surface area (Å²) in [6.45, 7) is 5.48. The maximum atomic E-state index is 12.3. The van der Waals surface area contributed by atoms with Crippen LogP contribution in [0, 0.1) is 24.0 Å². The van der Waals surface area contributed by atoms with Crippen molar-refractivity contribution in [3.63, 3.8) is 0 Å². The summed E-state index contributed by atoms with van der Waals surface area (Å²) in [6.07, 6.45) is 1.29. The summed E-state index contributed by atoms with van der Waals surface area (Å²) in [7, 11) is 0. The second kappa shape index (κ2) is 8.23. The summed E-state index contributed by atoms with van der Waals surface area (Å²) in [5, 5.41) is 18.7. The Morgan fingerprint density at radius 1 is 1.34 bits per heavy atom. The number of aryl methyl sites for hydroxylation is 2. The Morgan fingerprint density at radius 2 is 2.10 bits per heavy atom. The number of esters is 1. The third-order valence-corrected chi connectivity index (χ3v) is 4.12. The van der Waals surface area contributed by atoms with E-state index in [1.54, 1.807) is 6.92 Å². The van der Waals surface area contributed by atoms with E-state index in [0.717, 1.165) is 11.4 Å². The molecule has 0 amide bonds. The lowest BCUT2D eigenvalue weighted by Crippen LogP contribution is -2.14. The topological polar surface area (TPSA) is 125 Å². The number of carbonyl (C=O) groups excluding carboxylic acids is 1. The Kier molecular flexibility index (Phi) is 5.74. The molecule has 3 aromatic rings. The third kappa shape index (κ3) is 4.32. The van der Waals surface area contributed by atoms with Crippen LogP contribution in [-0.4, -0.2) is 37.2 Å². The van der Waals surface area contributed by atoms with Crippen molar-refractivity contribution in [2.24, 2.45) is 0 Å². The summed E-state index contributed by atoms with van der Waals surface area (Å²) >= 11 is 5.87. The van der Waals surface area contributed by atoms with Crippen LogP contribution in [-0.2, 0) is 4.74 Å². The summed E-state index contributed by atoms with van der Waals surface area (Å²) in [5.41, 5.74) is 1.43. The van der Waals surface area contributed by atoms with E-state index >= 15 is 0 Å². The molecule has 0 atom stereocenters. The molecule has 0 spiro atoms. The molecule has 2 heterocycles. The van der Waals surface area contributed by atoms with Crippen LogP contribution >= 0.6 is 11.6 Å². The van der Waals surface area contributed by atoms with Gasteiger partial charge in [0.15, 0.2) is 5.82 Å². The van der Waals surface area contributed by atoms with Crippen molar-refractivity contribution in [1.29, 1.82) is 0 Å². The molecule has 3 rings (SSSR count). The number of anilines is 2. The average molecular weight is 417 g/mol. The molecule has 0 aliphatic rings. The van der Waals surface area contributed by atoms with Crippen LogP contribution in [0.1, 0.15) is 28.7 Å². The molecule has 0 fully saturated rings. The number of hydrogen-bond donors (Lipinski definition) is 1. The molecule has 1 N–H and O–H groups in total. The molecule has 0 radical (unpaired) electrons. The number of nitrogens with zero attached hydrogens (tertiary/aromatic N) is 5. The molecule has 2 aromatic heterocycles. The minimum Gasteiger partial charge on any atom is -0.462 e. The van der Waals surface area contributed by atoms with E-state index in [0.29, 0.717) is 0 Å². The molecule has 0 saturated heterocycles. The first-order valence-corrected chi connectivity index (χ1v) is 8.96. The number of nitro groups is 1. The van der Waals surface area contributed by atoms with Crippen molar-refractivity contribution in [2.75, 3.05) is 11.9 Å². The monoisotopic (exact) mass is 416 g/mol. The standard InChI is InChI=1S/C18H17ClN6O4/c1-4-29-17(26)13-9-20-18(24-11(3)7-10(2)23-24)22-16(13)21-14-6-5-12(19)8-15(14)25(27)28/h5-9H,4H2,1-3H3,(H,20,21,22). The van der Waals surface area contributed by atoms with E-state index in [1.165, 1.54) is 29.1 Å². The first-order valence-electron chi connectivity index (χ1n) is 8.59. The molecule has 10 nitrogen and oxygen atoms in total. The minimum absolute atomic E-state index is 0.0291. The summed E-state index contributed by atoms with van der Waals surface area (Å²) in [6, 6.07) is 5.97. The lowest BCUT2D eigenvalue weighted by molar-refractivity contribution is -0.383. The van der Waals surface area contributed by atoms with Gasteiger partial charge >= 0.3 is 5.97 Å². The molecule has 1 aromatic carbocycles. The predicted molar refractivity (Wildman–Crippen MR) is 106 cm³/mol. The first kappa shape index (κ1) is 20.2. The molecule has 0 unspecified atom stereocenters. The van der Waals surface area contributed by atoms with Crippen LogP contribution in [0.15, 0.2) is 30.5 Å². The predicted octanol–water partition coefficient (Wildman–Crippen LogP) is 3.76. The quantitative estimate of drug-likeness (QED) is 0.365. The zero-order valence-electron chi connectivity index (χ0n) is 15.8. The normalized spacial score (nSPS) is 10.6. The van der Waals surface area contributed by atoms with Gasteiger partial charge in [-0.3, -0.25) is 10.1 Å². The van der Waals surface area contributed by atoms with Crippen LogP contribution in [0.4, 0.5) is 17.2 Å². The number of aromatic nitrogens is 4. The van der Waals surface area contributed by atoms with Gasteiger partial charge in [-0.1, -0.05) is 11.6 Å². The fourth-order valence-electron chi connectivity index (χ4n) is 2.65. The van der Waals surface area contributed by atoms with Crippen molar-refractivity contribution >= 4 is 34.8 Å². The molecule has 0 saturated carbocycles. The van der Waals surface area contributed by atoms with E-state index in [2.05, 4.69) is 20.4 Å². The Hall–Kier alpha value is -3.53. The molecular weight excluding hydrogens is 400 g/mol. The molecular formula is C18H17ClN6O4. The SMILES string of the molecule is CCOC(=O)c1cnc(-n2nc(C)cc2C)nc1Nc1ccc(Cl)cc1[N+](=O)[O-]. The van der Waals surface area contributed by atoms with Gasteiger partial charge in [0.25, 0.3) is 11.6 Å². The highest BCUT2D eigenvalue weighted by atomic mass is 35.5. The molecule has 11 heteroatoms. The number of ether oxygens (including phenoxy) is 1. The van der Waals surface area contributed by atoms with Crippen LogP contribution in [0.5, 0.6) is 0 Å². The van der Waals surface area contributed by atoms with E-state index in [4.69, 9.17) is 16.3 Å². The molecule has 0 bridgehead atoms. The Balaban J connectivity index is 2.12. The van der Waals surface area contributed by atoms with Gasteiger partial charge in [0.05, 0.1) is 17.2 Å². The number of nitro benzene ring substituents is 1. The number of carbonyl (C=O) groups is 1. The highest BCUT2D eigenvalue weighted by Gasteiger charge is 2.21. The minimum atomic E-state index is -0.661. The van der Waals surface area contributed by atoms with E-state index in [1.807, 2.05) is 19.9 Å². The maximum Gasteiger partial charge on any atom is 0.343 e. The van der Waals surface area contributed by atoms with Gasteiger partial charge in [0.1, 0.15) is 11.3 Å². The maximum absolute atomic E-state index is 12.3. The summed E-state index contributed by atoms with van der Waals surface area (Å²) < 4.78 is 6.55. The van der Waals surface area contributed by atoms with Crippen LogP contribution in [0.2, 0.25) is 5.02 Å². The van der Waals surface area contributed by atoms with Gasteiger partial charge in [-0.25, -0.2) is 14.5 Å². The number of halogens is 1. The van der Waals surface area contributed by atoms with Crippen molar-refractivity contribution in [3.05, 3.63) is 62.6 Å². The van der Waals surface area contributed by atoms with Crippen molar-refractivity contribution in [3.8, 4) is 5.95 Å². The van der Waals surface area contributed by atoms with E-state index in [9.17, 15) is 14.9 Å². The molecule has 0 aliphatic heterocycles. The van der Waals surface area contributed by atoms with Crippen molar-refractivity contribution in [2.45, 2.75) is 20.8 Å². The fourth-order valence-corrected chi connectivity index (χ4v) is 2.81. The van der Waals surface area contributed by atoms with Crippen molar-refractivity contribution in [1.82, 2.24) is 19.7 Å². The van der Waals surface area contributed by atoms with Gasteiger partial charge in [0.2, 0.25) is 0 Å². The third-order valence-electron chi connectivity index (χ3n) is 3.88. The zero-order chi connectivity index (χ0) is 21.1. The largest absolute Gasteiger partial charge is 0.462 e. The second-order valence-corrected chi connectivity index (χ2v) is 6.47. The number of benzene rings is 1. The van der Waals surface area contributed by atoms with Crippen molar-refractivity contribution < 1.29 is 14.5 Å². The molecule has 29 heavy (non-hydrogen) atoms. The second-order valence-electron chi connectivity index (χ2n) is 6.04. The smallest absolute Gasteiger partial charge is 0.343 e. The van der Waals surface area contributed by atoms with Crippen LogP contribution in [0.25, 0.3) is 5.95 Å². The van der Waals surface area contributed by atoms with Gasteiger partial charge in [-0.2, -0.15) is 10.1 Å². The van der Waals surface area contributed by atoms with Crippen LogP contribution < -0.4 is 5.32 Å². The Bertz CT molecular complexity index is 1100. The highest BCUT2D eigenvalue weighted by molar-refractivity contribution is 6.31.